The van der Waals surface area contributed by atoms with Crippen molar-refractivity contribution in [2.24, 2.45) is 0 Å². The fourth-order valence-corrected chi connectivity index (χ4v) is 3.55. The average molecular weight is 437 g/mol. The third-order valence-electron chi connectivity index (χ3n) is 4.94. The molecule has 6 nitrogen and oxygen atoms in total. The summed E-state index contributed by atoms with van der Waals surface area (Å²) >= 11 is 6.15. The van der Waals surface area contributed by atoms with Crippen LogP contribution in [0, 0.1) is 0 Å². The molecule has 1 aliphatic heterocycles. The SMILES string of the molecule is O=C(C[C@H](NC(=O)c1ccccc1Cl)c1ccccc1)NCc1ccc2c(c1)OCO2. The molecule has 0 unspecified atom stereocenters. The number of hydrogen-bond acceptors (Lipinski definition) is 4. The van der Waals surface area contributed by atoms with Crippen LogP contribution < -0.4 is 20.1 Å². The van der Waals surface area contributed by atoms with Crippen molar-refractivity contribution in [2.75, 3.05) is 6.79 Å². The van der Waals surface area contributed by atoms with E-state index in [0.717, 1.165) is 11.1 Å². The molecular formula is C24H21ClN2O4. The van der Waals surface area contributed by atoms with Crippen LogP contribution in [0.1, 0.15) is 33.9 Å². The first kappa shape index (κ1) is 20.8. The third-order valence-corrected chi connectivity index (χ3v) is 5.27. The van der Waals surface area contributed by atoms with Crippen molar-refractivity contribution in [3.8, 4) is 11.5 Å². The fraction of sp³-hybridized carbons (Fsp3) is 0.167. The molecule has 1 aliphatic rings. The Balaban J connectivity index is 1.42. The minimum absolute atomic E-state index is 0.0881. The van der Waals surface area contributed by atoms with Gasteiger partial charge in [0.2, 0.25) is 12.7 Å². The molecule has 0 saturated heterocycles. The van der Waals surface area contributed by atoms with Crippen LogP contribution in [0.3, 0.4) is 0 Å². The first-order chi connectivity index (χ1) is 15.1. The predicted molar refractivity (Wildman–Crippen MR) is 117 cm³/mol. The lowest BCUT2D eigenvalue weighted by molar-refractivity contribution is -0.121. The minimum atomic E-state index is -0.498. The smallest absolute Gasteiger partial charge is 0.253 e. The number of carbonyl (C=O) groups is 2. The van der Waals surface area contributed by atoms with E-state index in [9.17, 15) is 9.59 Å². The number of halogens is 1. The zero-order chi connectivity index (χ0) is 21.6. The molecule has 7 heteroatoms. The van der Waals surface area contributed by atoms with E-state index in [1.807, 2.05) is 48.5 Å². The van der Waals surface area contributed by atoms with Crippen LogP contribution in [0.2, 0.25) is 5.02 Å². The van der Waals surface area contributed by atoms with E-state index in [2.05, 4.69) is 10.6 Å². The molecule has 31 heavy (non-hydrogen) atoms. The van der Waals surface area contributed by atoms with Crippen LogP contribution in [0.15, 0.2) is 72.8 Å². The Kier molecular flexibility index (Phi) is 6.38. The van der Waals surface area contributed by atoms with Gasteiger partial charge in [0.15, 0.2) is 11.5 Å². The highest BCUT2D eigenvalue weighted by Gasteiger charge is 2.20. The largest absolute Gasteiger partial charge is 0.454 e. The first-order valence-electron chi connectivity index (χ1n) is 9.86. The van der Waals surface area contributed by atoms with Crippen LogP contribution in [-0.2, 0) is 11.3 Å². The molecule has 158 valence electrons. The van der Waals surface area contributed by atoms with Crippen molar-refractivity contribution in [2.45, 2.75) is 19.0 Å². The number of hydrogen-bond donors (Lipinski definition) is 2. The monoisotopic (exact) mass is 436 g/mol. The van der Waals surface area contributed by atoms with Crippen LogP contribution >= 0.6 is 11.6 Å². The normalized spacial score (nSPS) is 12.8. The second-order valence-electron chi connectivity index (χ2n) is 7.09. The standard InChI is InChI=1S/C24H21ClN2O4/c25-19-9-5-4-8-18(19)24(29)27-20(17-6-2-1-3-7-17)13-23(28)26-14-16-10-11-21-22(12-16)31-15-30-21/h1-12,20H,13-15H2,(H,26,28)(H,27,29)/t20-/m0/s1. The van der Waals surface area contributed by atoms with Crippen molar-refractivity contribution < 1.29 is 19.1 Å². The first-order valence-corrected chi connectivity index (χ1v) is 10.2. The molecule has 0 aromatic heterocycles. The van der Waals surface area contributed by atoms with E-state index in [-0.39, 0.29) is 25.0 Å². The van der Waals surface area contributed by atoms with Gasteiger partial charge in [0.25, 0.3) is 5.91 Å². The Morgan fingerprint density at radius 2 is 1.68 bits per heavy atom. The summed E-state index contributed by atoms with van der Waals surface area (Å²) in [5.41, 5.74) is 2.10. The van der Waals surface area contributed by atoms with E-state index in [1.165, 1.54) is 0 Å². The fourth-order valence-electron chi connectivity index (χ4n) is 3.33. The number of fused-ring (bicyclic) bond motifs is 1. The van der Waals surface area contributed by atoms with E-state index in [4.69, 9.17) is 21.1 Å². The van der Waals surface area contributed by atoms with Crippen LogP contribution in [0.5, 0.6) is 11.5 Å². The average Bonchev–Trinajstić information content (AvgIpc) is 3.26. The molecule has 0 saturated carbocycles. The molecule has 3 aromatic carbocycles. The summed E-state index contributed by atoms with van der Waals surface area (Å²) in [4.78, 5) is 25.4. The van der Waals surface area contributed by atoms with Gasteiger partial charge in [0.1, 0.15) is 0 Å². The Morgan fingerprint density at radius 3 is 2.48 bits per heavy atom. The number of rotatable bonds is 7. The van der Waals surface area contributed by atoms with Gasteiger partial charge in [0.05, 0.1) is 23.0 Å². The minimum Gasteiger partial charge on any atom is -0.454 e. The molecule has 0 spiro atoms. The molecule has 2 N–H and O–H groups in total. The van der Waals surface area contributed by atoms with E-state index < -0.39 is 6.04 Å². The Bertz CT molecular complexity index is 1090. The Morgan fingerprint density at radius 1 is 0.935 bits per heavy atom. The van der Waals surface area contributed by atoms with Crippen LogP contribution in [-0.4, -0.2) is 18.6 Å². The van der Waals surface area contributed by atoms with Gasteiger partial charge >= 0.3 is 0 Å². The van der Waals surface area contributed by atoms with Gasteiger partial charge in [-0.3, -0.25) is 9.59 Å². The van der Waals surface area contributed by atoms with E-state index >= 15 is 0 Å². The second-order valence-corrected chi connectivity index (χ2v) is 7.49. The summed E-state index contributed by atoms with van der Waals surface area (Å²) in [6.45, 7) is 0.546. The molecule has 0 aliphatic carbocycles. The topological polar surface area (TPSA) is 76.7 Å². The lowest BCUT2D eigenvalue weighted by atomic mass is 10.0. The highest BCUT2D eigenvalue weighted by atomic mass is 35.5. The quantitative estimate of drug-likeness (QED) is 0.580. The molecule has 1 atom stereocenters. The molecule has 2 amide bonds. The molecule has 0 bridgehead atoms. The maximum Gasteiger partial charge on any atom is 0.253 e. The van der Waals surface area contributed by atoms with E-state index in [0.29, 0.717) is 28.6 Å². The summed E-state index contributed by atoms with van der Waals surface area (Å²) in [6, 6.07) is 21.2. The summed E-state index contributed by atoms with van der Waals surface area (Å²) in [7, 11) is 0. The number of ether oxygens (including phenoxy) is 2. The zero-order valence-electron chi connectivity index (χ0n) is 16.6. The Labute approximate surface area is 185 Å². The van der Waals surface area contributed by atoms with Gasteiger partial charge in [-0.1, -0.05) is 60.1 Å². The third kappa shape index (κ3) is 5.16. The van der Waals surface area contributed by atoms with Gasteiger partial charge in [-0.05, 0) is 35.4 Å². The van der Waals surface area contributed by atoms with Crippen molar-refractivity contribution in [1.29, 1.82) is 0 Å². The van der Waals surface area contributed by atoms with Crippen molar-refractivity contribution in [3.05, 3.63) is 94.5 Å². The number of amides is 2. The Hall–Kier alpha value is -3.51. The maximum atomic E-state index is 12.8. The summed E-state index contributed by atoms with van der Waals surface area (Å²) in [5.74, 6) is 0.844. The van der Waals surface area contributed by atoms with Crippen LogP contribution in [0.25, 0.3) is 0 Å². The van der Waals surface area contributed by atoms with Gasteiger partial charge in [-0.2, -0.15) is 0 Å². The van der Waals surface area contributed by atoms with E-state index in [1.54, 1.807) is 24.3 Å². The van der Waals surface area contributed by atoms with Gasteiger partial charge < -0.3 is 20.1 Å². The summed E-state index contributed by atoms with van der Waals surface area (Å²) in [6.07, 6.45) is 0.0881. The molecule has 4 rings (SSSR count). The molecule has 0 radical (unpaired) electrons. The van der Waals surface area contributed by atoms with Crippen molar-refractivity contribution in [3.63, 3.8) is 0 Å². The lowest BCUT2D eigenvalue weighted by Gasteiger charge is -2.19. The summed E-state index contributed by atoms with van der Waals surface area (Å²) < 4.78 is 10.7. The van der Waals surface area contributed by atoms with Crippen molar-refractivity contribution in [1.82, 2.24) is 10.6 Å². The highest BCUT2D eigenvalue weighted by molar-refractivity contribution is 6.33. The number of benzene rings is 3. The lowest BCUT2D eigenvalue weighted by Crippen LogP contribution is -2.33. The summed E-state index contributed by atoms with van der Waals surface area (Å²) in [5, 5.41) is 6.20. The number of carbonyl (C=O) groups excluding carboxylic acids is 2. The van der Waals surface area contributed by atoms with Gasteiger partial charge in [0, 0.05) is 6.54 Å². The maximum absolute atomic E-state index is 12.8. The highest BCUT2D eigenvalue weighted by Crippen LogP contribution is 2.32. The number of nitrogens with one attached hydrogen (secondary N) is 2. The molecule has 0 fully saturated rings. The molecule has 1 heterocycles. The molecule has 3 aromatic rings. The van der Waals surface area contributed by atoms with Gasteiger partial charge in [-0.25, -0.2) is 0 Å². The predicted octanol–water partition coefficient (Wildman–Crippen LogP) is 4.25. The zero-order valence-corrected chi connectivity index (χ0v) is 17.4. The van der Waals surface area contributed by atoms with Crippen LogP contribution in [0.4, 0.5) is 0 Å². The molecular weight excluding hydrogens is 416 g/mol. The second kappa shape index (κ2) is 9.53. The van der Waals surface area contributed by atoms with Gasteiger partial charge in [-0.15, -0.1) is 0 Å². The van der Waals surface area contributed by atoms with Crippen molar-refractivity contribution >= 4 is 23.4 Å².